The maximum atomic E-state index is 13.3. The molecule has 5 heteroatoms. The van der Waals surface area contributed by atoms with Crippen LogP contribution in [0.5, 0.6) is 0 Å². The highest BCUT2D eigenvalue weighted by atomic mass is 19.3. The van der Waals surface area contributed by atoms with Crippen molar-refractivity contribution >= 4 is 0 Å². The van der Waals surface area contributed by atoms with Crippen LogP contribution in [0.2, 0.25) is 0 Å². The van der Waals surface area contributed by atoms with Gasteiger partial charge in [0.25, 0.3) is 0 Å². The highest BCUT2D eigenvalue weighted by Gasteiger charge is 2.46. The molecule has 1 saturated carbocycles. The van der Waals surface area contributed by atoms with E-state index in [9.17, 15) is 8.78 Å². The van der Waals surface area contributed by atoms with Crippen molar-refractivity contribution in [2.75, 3.05) is 13.1 Å². The van der Waals surface area contributed by atoms with E-state index >= 15 is 0 Å². The lowest BCUT2D eigenvalue weighted by Gasteiger charge is -2.37. The number of rotatable bonds is 2. The number of H-pyrrole nitrogens is 1. The molecule has 0 aromatic carbocycles. The van der Waals surface area contributed by atoms with Crippen molar-refractivity contribution in [3.63, 3.8) is 0 Å². The summed E-state index contributed by atoms with van der Waals surface area (Å²) >= 11 is 0. The van der Waals surface area contributed by atoms with Crippen LogP contribution < -0.4 is 0 Å². The summed E-state index contributed by atoms with van der Waals surface area (Å²) in [4.78, 5) is 2.36. The topological polar surface area (TPSA) is 31.9 Å². The first kappa shape index (κ1) is 13.0. The van der Waals surface area contributed by atoms with Gasteiger partial charge in [-0.3, -0.25) is 10.00 Å². The van der Waals surface area contributed by atoms with E-state index in [4.69, 9.17) is 0 Å². The molecule has 2 fully saturated rings. The summed E-state index contributed by atoms with van der Waals surface area (Å²) in [6.45, 7) is 4.79. The summed E-state index contributed by atoms with van der Waals surface area (Å²) in [6.07, 6.45) is 2.56. The van der Waals surface area contributed by atoms with E-state index in [0.29, 0.717) is 12.8 Å². The quantitative estimate of drug-likeness (QED) is 0.894. The van der Waals surface area contributed by atoms with E-state index in [1.165, 1.54) is 0 Å². The lowest BCUT2D eigenvalue weighted by atomic mass is 9.72. The summed E-state index contributed by atoms with van der Waals surface area (Å²) in [5.41, 5.74) is 2.27. The van der Waals surface area contributed by atoms with E-state index in [1.54, 1.807) is 0 Å². The van der Waals surface area contributed by atoms with Gasteiger partial charge in [0.15, 0.2) is 0 Å². The van der Waals surface area contributed by atoms with E-state index in [1.807, 2.05) is 6.92 Å². The maximum absolute atomic E-state index is 13.3. The molecule has 2 aliphatic rings. The molecule has 1 spiro atoms. The zero-order valence-corrected chi connectivity index (χ0v) is 11.4. The van der Waals surface area contributed by atoms with Crippen molar-refractivity contribution in [2.24, 2.45) is 5.41 Å². The molecule has 1 aliphatic heterocycles. The SMILES string of the molecule is Cc1cc(CN2CCC3(CCC(F)(F)CC3)C2)n[nH]1. The highest BCUT2D eigenvalue weighted by Crippen LogP contribution is 2.48. The average molecular weight is 269 g/mol. The number of aromatic nitrogens is 2. The van der Waals surface area contributed by atoms with Crippen molar-refractivity contribution in [3.05, 3.63) is 17.5 Å². The van der Waals surface area contributed by atoms with Gasteiger partial charge in [0.1, 0.15) is 0 Å². The fourth-order valence-corrected chi connectivity index (χ4v) is 3.50. The fourth-order valence-electron chi connectivity index (χ4n) is 3.50. The Bertz CT molecular complexity index is 445. The smallest absolute Gasteiger partial charge is 0.248 e. The summed E-state index contributed by atoms with van der Waals surface area (Å²) in [6, 6.07) is 2.06. The average Bonchev–Trinajstić information content (AvgIpc) is 2.93. The normalized spacial score (nSPS) is 26.1. The number of nitrogens with zero attached hydrogens (tertiary/aromatic N) is 2. The second-order valence-corrected chi connectivity index (χ2v) is 6.36. The number of aryl methyl sites for hydroxylation is 1. The van der Waals surface area contributed by atoms with Gasteiger partial charge >= 0.3 is 0 Å². The van der Waals surface area contributed by atoms with Crippen molar-refractivity contribution in [1.29, 1.82) is 0 Å². The van der Waals surface area contributed by atoms with Crippen LogP contribution in [0.25, 0.3) is 0 Å². The van der Waals surface area contributed by atoms with Crippen LogP contribution in [0, 0.1) is 12.3 Å². The number of likely N-dealkylation sites (tertiary alicyclic amines) is 1. The number of halogens is 2. The summed E-state index contributed by atoms with van der Waals surface area (Å²) in [5, 5.41) is 7.20. The lowest BCUT2D eigenvalue weighted by molar-refractivity contribution is -0.0649. The van der Waals surface area contributed by atoms with E-state index in [2.05, 4.69) is 21.2 Å². The van der Waals surface area contributed by atoms with Gasteiger partial charge in [0, 0.05) is 31.6 Å². The van der Waals surface area contributed by atoms with Crippen LogP contribution in [0.1, 0.15) is 43.5 Å². The second-order valence-electron chi connectivity index (χ2n) is 6.36. The fraction of sp³-hybridized carbons (Fsp3) is 0.786. The summed E-state index contributed by atoms with van der Waals surface area (Å²) in [7, 11) is 0. The molecule has 2 heterocycles. The van der Waals surface area contributed by atoms with Gasteiger partial charge in [-0.1, -0.05) is 0 Å². The third-order valence-electron chi connectivity index (χ3n) is 4.70. The molecule has 0 atom stereocenters. The first-order valence-electron chi connectivity index (χ1n) is 7.08. The number of alkyl halides is 2. The van der Waals surface area contributed by atoms with Crippen LogP contribution in [0.3, 0.4) is 0 Å². The molecule has 0 unspecified atom stereocenters. The Balaban J connectivity index is 1.58. The zero-order chi connectivity index (χ0) is 13.5. The third-order valence-corrected chi connectivity index (χ3v) is 4.70. The molecular formula is C14H21F2N3. The third kappa shape index (κ3) is 2.81. The second kappa shape index (κ2) is 4.54. The molecule has 3 rings (SSSR count). The van der Waals surface area contributed by atoms with Crippen LogP contribution in [0.15, 0.2) is 6.07 Å². The number of aromatic amines is 1. The van der Waals surface area contributed by atoms with Crippen molar-refractivity contribution in [2.45, 2.75) is 51.5 Å². The minimum Gasteiger partial charge on any atom is -0.297 e. The van der Waals surface area contributed by atoms with E-state index < -0.39 is 5.92 Å². The number of hydrogen-bond acceptors (Lipinski definition) is 2. The Morgan fingerprint density at radius 1 is 1.26 bits per heavy atom. The Kier molecular flexibility index (Phi) is 3.12. The van der Waals surface area contributed by atoms with Crippen molar-refractivity contribution in [3.8, 4) is 0 Å². The van der Waals surface area contributed by atoms with E-state index in [0.717, 1.165) is 37.4 Å². The molecule has 1 aromatic rings. The molecule has 19 heavy (non-hydrogen) atoms. The minimum atomic E-state index is -2.42. The van der Waals surface area contributed by atoms with E-state index in [-0.39, 0.29) is 18.3 Å². The number of nitrogens with one attached hydrogen (secondary N) is 1. The minimum absolute atomic E-state index is 0.0718. The monoisotopic (exact) mass is 269 g/mol. The molecule has 1 saturated heterocycles. The van der Waals surface area contributed by atoms with Crippen molar-refractivity contribution in [1.82, 2.24) is 15.1 Å². The molecule has 3 nitrogen and oxygen atoms in total. The summed E-state index contributed by atoms with van der Waals surface area (Å²) in [5.74, 6) is -2.42. The van der Waals surface area contributed by atoms with Gasteiger partial charge in [-0.05, 0) is 44.2 Å². The zero-order valence-electron chi connectivity index (χ0n) is 11.4. The van der Waals surface area contributed by atoms with Gasteiger partial charge in [-0.15, -0.1) is 0 Å². The standard InChI is InChI=1S/C14H21F2N3/c1-11-8-12(18-17-11)9-19-7-6-13(10-19)2-4-14(15,16)5-3-13/h8H,2-7,9-10H2,1H3,(H,17,18). The van der Waals surface area contributed by atoms with Gasteiger partial charge in [0.05, 0.1) is 5.69 Å². The molecule has 0 radical (unpaired) electrons. The lowest BCUT2D eigenvalue weighted by Crippen LogP contribution is -2.35. The molecule has 1 aromatic heterocycles. The molecular weight excluding hydrogens is 248 g/mol. The molecule has 1 N–H and O–H groups in total. The Morgan fingerprint density at radius 3 is 2.63 bits per heavy atom. The number of hydrogen-bond donors (Lipinski definition) is 1. The Hall–Kier alpha value is -0.970. The van der Waals surface area contributed by atoms with Gasteiger partial charge in [-0.2, -0.15) is 5.10 Å². The Labute approximate surface area is 112 Å². The Morgan fingerprint density at radius 2 is 2.00 bits per heavy atom. The van der Waals surface area contributed by atoms with Crippen LogP contribution in [0.4, 0.5) is 8.78 Å². The molecule has 106 valence electrons. The summed E-state index contributed by atoms with van der Waals surface area (Å²) < 4.78 is 26.5. The van der Waals surface area contributed by atoms with Crippen LogP contribution in [-0.2, 0) is 6.54 Å². The highest BCUT2D eigenvalue weighted by molar-refractivity contribution is 5.07. The van der Waals surface area contributed by atoms with Gasteiger partial charge in [-0.25, -0.2) is 8.78 Å². The van der Waals surface area contributed by atoms with Crippen LogP contribution in [-0.4, -0.2) is 34.1 Å². The van der Waals surface area contributed by atoms with Crippen molar-refractivity contribution < 1.29 is 8.78 Å². The van der Waals surface area contributed by atoms with Gasteiger partial charge < -0.3 is 0 Å². The molecule has 1 aliphatic carbocycles. The first-order chi connectivity index (χ1) is 8.96. The van der Waals surface area contributed by atoms with Gasteiger partial charge in [0.2, 0.25) is 5.92 Å². The maximum Gasteiger partial charge on any atom is 0.248 e. The predicted molar refractivity (Wildman–Crippen MR) is 69.1 cm³/mol. The first-order valence-corrected chi connectivity index (χ1v) is 7.08. The largest absolute Gasteiger partial charge is 0.297 e. The molecule has 0 bridgehead atoms. The van der Waals surface area contributed by atoms with Crippen LogP contribution >= 0.6 is 0 Å². The molecule has 0 amide bonds. The predicted octanol–water partition coefficient (Wildman–Crippen LogP) is 3.12.